The molecule has 0 fully saturated rings. The fourth-order valence-corrected chi connectivity index (χ4v) is 2.42. The molecule has 1 aromatic carbocycles. The number of furan rings is 1. The molecule has 1 N–H and O–H groups in total. The minimum atomic E-state index is -0.136. The Balaban J connectivity index is 2.19. The van der Waals surface area contributed by atoms with Crippen LogP contribution < -0.4 is 5.32 Å². The van der Waals surface area contributed by atoms with Crippen molar-refractivity contribution in [2.75, 3.05) is 0 Å². The van der Waals surface area contributed by atoms with Gasteiger partial charge in [-0.1, -0.05) is 45.9 Å². The number of carbonyl (C=O) groups excluding carboxylic acids is 1. The average molecular weight is 259 g/mol. The molecule has 0 spiro atoms. The van der Waals surface area contributed by atoms with Crippen molar-refractivity contribution in [3.63, 3.8) is 0 Å². The predicted octanol–water partition coefficient (Wildman–Crippen LogP) is 3.84. The van der Waals surface area contributed by atoms with Crippen LogP contribution in [0.4, 0.5) is 0 Å². The lowest BCUT2D eigenvalue weighted by molar-refractivity contribution is 0.0884. The first-order valence-electron chi connectivity index (χ1n) is 6.78. The molecule has 0 bridgehead atoms. The molecular weight excluding hydrogens is 238 g/mol. The number of carbonyl (C=O) groups is 1. The van der Waals surface area contributed by atoms with Gasteiger partial charge in [-0.25, -0.2) is 0 Å². The number of hydrogen-bond acceptors (Lipinski definition) is 2. The van der Waals surface area contributed by atoms with Gasteiger partial charge in [-0.05, 0) is 24.0 Å². The second-order valence-corrected chi connectivity index (χ2v) is 5.64. The third-order valence-electron chi connectivity index (χ3n) is 3.38. The first kappa shape index (κ1) is 13.7. The lowest BCUT2D eigenvalue weighted by Gasteiger charge is -2.25. The first-order valence-corrected chi connectivity index (χ1v) is 6.78. The fourth-order valence-electron chi connectivity index (χ4n) is 2.42. The largest absolute Gasteiger partial charge is 0.451 e. The van der Waals surface area contributed by atoms with Crippen molar-refractivity contribution in [3.05, 3.63) is 36.1 Å². The van der Waals surface area contributed by atoms with E-state index >= 15 is 0 Å². The molecule has 2 aromatic rings. The molecule has 3 heteroatoms. The zero-order valence-electron chi connectivity index (χ0n) is 11.9. The quantitative estimate of drug-likeness (QED) is 0.906. The number of amides is 1. The molecule has 19 heavy (non-hydrogen) atoms. The van der Waals surface area contributed by atoms with Gasteiger partial charge in [-0.15, -0.1) is 0 Å². The van der Waals surface area contributed by atoms with Gasteiger partial charge < -0.3 is 9.73 Å². The van der Waals surface area contributed by atoms with E-state index in [-0.39, 0.29) is 11.9 Å². The molecule has 1 heterocycles. The summed E-state index contributed by atoms with van der Waals surface area (Å²) in [6, 6.07) is 9.60. The van der Waals surface area contributed by atoms with E-state index in [2.05, 4.69) is 33.0 Å². The summed E-state index contributed by atoms with van der Waals surface area (Å²) in [5, 5.41) is 4.02. The van der Waals surface area contributed by atoms with E-state index in [1.165, 1.54) is 0 Å². The maximum absolute atomic E-state index is 12.2. The van der Waals surface area contributed by atoms with Crippen molar-refractivity contribution in [2.24, 2.45) is 11.8 Å². The summed E-state index contributed by atoms with van der Waals surface area (Å²) >= 11 is 0. The second-order valence-electron chi connectivity index (χ2n) is 5.64. The minimum absolute atomic E-state index is 0.136. The van der Waals surface area contributed by atoms with E-state index < -0.39 is 0 Å². The Labute approximate surface area is 114 Å². The zero-order valence-corrected chi connectivity index (χ0v) is 11.9. The van der Waals surface area contributed by atoms with Crippen LogP contribution in [0.5, 0.6) is 0 Å². The maximum atomic E-state index is 12.2. The monoisotopic (exact) mass is 259 g/mol. The van der Waals surface area contributed by atoms with Crippen LogP contribution in [0, 0.1) is 11.8 Å². The van der Waals surface area contributed by atoms with Crippen LogP contribution in [-0.4, -0.2) is 11.9 Å². The number of para-hydroxylation sites is 1. The highest BCUT2D eigenvalue weighted by Gasteiger charge is 2.22. The Morgan fingerprint density at radius 1 is 1.11 bits per heavy atom. The van der Waals surface area contributed by atoms with Crippen LogP contribution >= 0.6 is 0 Å². The number of fused-ring (bicyclic) bond motifs is 1. The smallest absolute Gasteiger partial charge is 0.287 e. The van der Waals surface area contributed by atoms with Crippen LogP contribution in [0.25, 0.3) is 11.0 Å². The van der Waals surface area contributed by atoms with Crippen LogP contribution in [-0.2, 0) is 0 Å². The summed E-state index contributed by atoms with van der Waals surface area (Å²) in [5.41, 5.74) is 0.748. The van der Waals surface area contributed by atoms with E-state index in [1.807, 2.05) is 24.3 Å². The lowest BCUT2D eigenvalue weighted by Crippen LogP contribution is -2.42. The van der Waals surface area contributed by atoms with Gasteiger partial charge in [0.25, 0.3) is 5.91 Å². The molecule has 0 saturated carbocycles. The van der Waals surface area contributed by atoms with E-state index in [0.717, 1.165) is 11.0 Å². The third-order valence-corrected chi connectivity index (χ3v) is 3.38. The summed E-state index contributed by atoms with van der Waals surface area (Å²) in [7, 11) is 0. The van der Waals surface area contributed by atoms with Gasteiger partial charge in [0, 0.05) is 11.4 Å². The van der Waals surface area contributed by atoms with Crippen molar-refractivity contribution in [3.8, 4) is 0 Å². The van der Waals surface area contributed by atoms with Gasteiger partial charge >= 0.3 is 0 Å². The second kappa shape index (κ2) is 5.47. The van der Waals surface area contributed by atoms with Crippen molar-refractivity contribution in [2.45, 2.75) is 33.7 Å². The SMILES string of the molecule is CC(C)C(NC(=O)c1cc2ccccc2o1)C(C)C. The average Bonchev–Trinajstić information content (AvgIpc) is 2.78. The Morgan fingerprint density at radius 3 is 2.32 bits per heavy atom. The lowest BCUT2D eigenvalue weighted by atomic mass is 9.93. The van der Waals surface area contributed by atoms with Crippen LogP contribution in [0.2, 0.25) is 0 Å². The Bertz CT molecular complexity index is 528. The number of nitrogens with one attached hydrogen (secondary N) is 1. The van der Waals surface area contributed by atoms with Gasteiger partial charge in [0.2, 0.25) is 0 Å². The van der Waals surface area contributed by atoms with Crippen molar-refractivity contribution >= 4 is 16.9 Å². The van der Waals surface area contributed by atoms with Gasteiger partial charge in [-0.2, -0.15) is 0 Å². The molecular formula is C16H21NO2. The zero-order chi connectivity index (χ0) is 14.0. The molecule has 102 valence electrons. The highest BCUT2D eigenvalue weighted by atomic mass is 16.3. The molecule has 0 atom stereocenters. The molecule has 0 aliphatic heterocycles. The minimum Gasteiger partial charge on any atom is -0.451 e. The van der Waals surface area contributed by atoms with Gasteiger partial charge in [-0.3, -0.25) is 4.79 Å². The van der Waals surface area contributed by atoms with Crippen LogP contribution in [0.15, 0.2) is 34.7 Å². The molecule has 0 unspecified atom stereocenters. The van der Waals surface area contributed by atoms with Gasteiger partial charge in [0.1, 0.15) is 5.58 Å². The molecule has 0 aliphatic carbocycles. The first-order chi connectivity index (χ1) is 8.99. The molecule has 3 nitrogen and oxygen atoms in total. The summed E-state index contributed by atoms with van der Waals surface area (Å²) in [6.07, 6.45) is 0. The Kier molecular flexibility index (Phi) is 3.93. The van der Waals surface area contributed by atoms with Crippen LogP contribution in [0.1, 0.15) is 38.2 Å². The molecule has 0 radical (unpaired) electrons. The van der Waals surface area contributed by atoms with Crippen LogP contribution in [0.3, 0.4) is 0 Å². The van der Waals surface area contributed by atoms with Crippen molar-refractivity contribution in [1.82, 2.24) is 5.32 Å². The number of hydrogen-bond donors (Lipinski definition) is 1. The highest BCUT2D eigenvalue weighted by molar-refractivity contribution is 5.96. The van der Waals surface area contributed by atoms with E-state index in [0.29, 0.717) is 17.6 Å². The Morgan fingerprint density at radius 2 is 1.74 bits per heavy atom. The summed E-state index contributed by atoms with van der Waals surface area (Å²) in [4.78, 5) is 12.2. The Hall–Kier alpha value is -1.77. The highest BCUT2D eigenvalue weighted by Crippen LogP contribution is 2.19. The normalized spacial score (nSPS) is 11.7. The standard InChI is InChI=1S/C16H21NO2/c1-10(2)15(11(3)4)17-16(18)14-9-12-7-5-6-8-13(12)19-14/h5-11,15H,1-4H3,(H,17,18). The fraction of sp³-hybridized carbons (Fsp3) is 0.438. The van der Waals surface area contributed by atoms with Gasteiger partial charge in [0.15, 0.2) is 5.76 Å². The number of benzene rings is 1. The summed E-state index contributed by atoms with van der Waals surface area (Å²) in [5.74, 6) is 1.04. The van der Waals surface area contributed by atoms with Crippen molar-refractivity contribution < 1.29 is 9.21 Å². The molecule has 0 saturated heterocycles. The predicted molar refractivity (Wildman–Crippen MR) is 77.1 cm³/mol. The summed E-state index contributed by atoms with van der Waals surface area (Å²) in [6.45, 7) is 8.46. The molecule has 1 aromatic heterocycles. The van der Waals surface area contributed by atoms with E-state index in [1.54, 1.807) is 6.07 Å². The topological polar surface area (TPSA) is 42.2 Å². The van der Waals surface area contributed by atoms with Crippen molar-refractivity contribution in [1.29, 1.82) is 0 Å². The molecule has 2 rings (SSSR count). The maximum Gasteiger partial charge on any atom is 0.287 e. The van der Waals surface area contributed by atoms with E-state index in [4.69, 9.17) is 4.42 Å². The van der Waals surface area contributed by atoms with E-state index in [9.17, 15) is 4.79 Å². The number of rotatable bonds is 4. The molecule has 0 aliphatic rings. The third kappa shape index (κ3) is 2.98. The van der Waals surface area contributed by atoms with Gasteiger partial charge in [0.05, 0.1) is 0 Å². The summed E-state index contributed by atoms with van der Waals surface area (Å²) < 4.78 is 5.58. The molecule has 1 amide bonds.